The molecule has 1 aliphatic rings. The first-order valence-electron chi connectivity index (χ1n) is 9.60. The maximum absolute atomic E-state index is 11.6. The first-order valence-corrected chi connectivity index (χ1v) is 11.5. The van der Waals surface area contributed by atoms with Crippen LogP contribution in [-0.2, 0) is 9.84 Å². The summed E-state index contributed by atoms with van der Waals surface area (Å²) >= 11 is 0. The zero-order chi connectivity index (χ0) is 20.3. The fourth-order valence-electron chi connectivity index (χ4n) is 4.12. The molecule has 152 valence electrons. The predicted octanol–water partition coefficient (Wildman–Crippen LogP) is 4.09. The van der Waals surface area contributed by atoms with Crippen molar-refractivity contribution >= 4 is 9.84 Å². The van der Waals surface area contributed by atoms with Gasteiger partial charge in [0.2, 0.25) is 0 Å². The number of rotatable bonds is 7. The number of ether oxygens (including phenoxy) is 2. The van der Waals surface area contributed by atoms with Crippen molar-refractivity contribution in [3.63, 3.8) is 0 Å². The van der Waals surface area contributed by atoms with Crippen molar-refractivity contribution in [1.82, 2.24) is 5.32 Å². The second-order valence-corrected chi connectivity index (χ2v) is 9.53. The van der Waals surface area contributed by atoms with Gasteiger partial charge >= 0.3 is 0 Å². The SMILES string of the molecule is COc1cccc([C@@H](C)NC2CC[C@H](c3ccc(S(C)(=O)=O)cc3)C2)c1OC. The Bertz CT molecular complexity index is 909. The summed E-state index contributed by atoms with van der Waals surface area (Å²) in [6.45, 7) is 2.14. The van der Waals surface area contributed by atoms with Gasteiger partial charge < -0.3 is 14.8 Å². The van der Waals surface area contributed by atoms with Crippen molar-refractivity contribution in [2.45, 2.75) is 49.1 Å². The van der Waals surface area contributed by atoms with E-state index in [4.69, 9.17) is 9.47 Å². The highest BCUT2D eigenvalue weighted by Gasteiger charge is 2.28. The highest BCUT2D eigenvalue weighted by Crippen LogP contribution is 2.38. The van der Waals surface area contributed by atoms with Crippen LogP contribution in [0.1, 0.15) is 49.3 Å². The maximum Gasteiger partial charge on any atom is 0.175 e. The average molecular weight is 404 g/mol. The molecule has 28 heavy (non-hydrogen) atoms. The molecule has 2 aromatic rings. The second kappa shape index (κ2) is 8.53. The van der Waals surface area contributed by atoms with Crippen LogP contribution in [0.15, 0.2) is 47.4 Å². The summed E-state index contributed by atoms with van der Waals surface area (Å²) in [5.41, 5.74) is 2.30. The van der Waals surface area contributed by atoms with Gasteiger partial charge in [0.1, 0.15) is 0 Å². The van der Waals surface area contributed by atoms with Crippen molar-refractivity contribution in [2.75, 3.05) is 20.5 Å². The van der Waals surface area contributed by atoms with Crippen molar-refractivity contribution in [3.05, 3.63) is 53.6 Å². The molecule has 1 aliphatic carbocycles. The average Bonchev–Trinajstić information content (AvgIpc) is 3.15. The summed E-state index contributed by atoms with van der Waals surface area (Å²) in [5.74, 6) is 1.96. The molecule has 0 saturated heterocycles. The van der Waals surface area contributed by atoms with E-state index >= 15 is 0 Å². The van der Waals surface area contributed by atoms with Crippen molar-refractivity contribution in [1.29, 1.82) is 0 Å². The number of para-hydroxylation sites is 1. The zero-order valence-electron chi connectivity index (χ0n) is 16.9. The first-order chi connectivity index (χ1) is 13.3. The van der Waals surface area contributed by atoms with E-state index in [-0.39, 0.29) is 6.04 Å². The van der Waals surface area contributed by atoms with E-state index in [1.54, 1.807) is 26.4 Å². The highest BCUT2D eigenvalue weighted by molar-refractivity contribution is 7.90. The quantitative estimate of drug-likeness (QED) is 0.754. The van der Waals surface area contributed by atoms with Gasteiger partial charge in [-0.2, -0.15) is 0 Å². The number of benzene rings is 2. The lowest BCUT2D eigenvalue weighted by Crippen LogP contribution is -2.29. The van der Waals surface area contributed by atoms with Gasteiger partial charge in [-0.25, -0.2) is 8.42 Å². The summed E-state index contributed by atoms with van der Waals surface area (Å²) in [6, 6.07) is 13.8. The Hall–Kier alpha value is -2.05. The third kappa shape index (κ3) is 4.50. The van der Waals surface area contributed by atoms with Crippen molar-refractivity contribution in [3.8, 4) is 11.5 Å². The lowest BCUT2D eigenvalue weighted by atomic mass is 9.97. The van der Waals surface area contributed by atoms with Gasteiger partial charge in [-0.3, -0.25) is 0 Å². The predicted molar refractivity (Wildman–Crippen MR) is 111 cm³/mol. The Morgan fingerprint density at radius 2 is 1.75 bits per heavy atom. The number of hydrogen-bond donors (Lipinski definition) is 1. The van der Waals surface area contributed by atoms with Crippen LogP contribution >= 0.6 is 0 Å². The van der Waals surface area contributed by atoms with E-state index in [1.165, 1.54) is 11.8 Å². The van der Waals surface area contributed by atoms with E-state index in [0.29, 0.717) is 16.9 Å². The first kappa shape index (κ1) is 20.7. The summed E-state index contributed by atoms with van der Waals surface area (Å²) in [6.07, 6.45) is 4.47. The Morgan fingerprint density at radius 3 is 2.36 bits per heavy atom. The normalized spacial score (nSPS) is 20.7. The third-order valence-corrected chi connectivity index (χ3v) is 6.73. The summed E-state index contributed by atoms with van der Waals surface area (Å²) < 4.78 is 34.3. The lowest BCUT2D eigenvalue weighted by Gasteiger charge is -2.23. The lowest BCUT2D eigenvalue weighted by molar-refractivity contribution is 0.345. The van der Waals surface area contributed by atoms with E-state index in [0.717, 1.165) is 36.3 Å². The topological polar surface area (TPSA) is 64.6 Å². The molecule has 0 bridgehead atoms. The van der Waals surface area contributed by atoms with Gasteiger partial charge in [0, 0.05) is 23.9 Å². The fourth-order valence-corrected chi connectivity index (χ4v) is 4.75. The molecular weight excluding hydrogens is 374 g/mol. The van der Waals surface area contributed by atoms with Crippen molar-refractivity contribution in [2.24, 2.45) is 0 Å². The number of sulfone groups is 1. The summed E-state index contributed by atoms with van der Waals surface area (Å²) in [4.78, 5) is 0.377. The molecule has 5 nitrogen and oxygen atoms in total. The van der Waals surface area contributed by atoms with Crippen LogP contribution in [0.3, 0.4) is 0 Å². The van der Waals surface area contributed by atoms with Gasteiger partial charge in [0.25, 0.3) is 0 Å². The monoisotopic (exact) mass is 403 g/mol. The van der Waals surface area contributed by atoms with E-state index in [2.05, 4.69) is 18.3 Å². The molecular formula is C22H29NO4S. The molecule has 0 amide bonds. The second-order valence-electron chi connectivity index (χ2n) is 7.52. The number of nitrogens with one attached hydrogen (secondary N) is 1. The van der Waals surface area contributed by atoms with Gasteiger partial charge in [0.15, 0.2) is 21.3 Å². The minimum atomic E-state index is -3.15. The van der Waals surface area contributed by atoms with Crippen LogP contribution in [0, 0.1) is 0 Å². The molecule has 0 spiro atoms. The molecule has 1 N–H and O–H groups in total. The Morgan fingerprint density at radius 1 is 1.04 bits per heavy atom. The molecule has 2 aromatic carbocycles. The van der Waals surface area contributed by atoms with Crippen LogP contribution < -0.4 is 14.8 Å². The Kier molecular flexibility index (Phi) is 6.30. The number of methoxy groups -OCH3 is 2. The number of hydrogen-bond acceptors (Lipinski definition) is 5. The molecule has 0 radical (unpaired) electrons. The Balaban J connectivity index is 1.66. The molecule has 0 heterocycles. The molecule has 0 aliphatic heterocycles. The largest absolute Gasteiger partial charge is 0.493 e. The maximum atomic E-state index is 11.6. The summed E-state index contributed by atoms with van der Waals surface area (Å²) in [5, 5.41) is 3.73. The van der Waals surface area contributed by atoms with E-state index < -0.39 is 9.84 Å². The van der Waals surface area contributed by atoms with Gasteiger partial charge in [-0.15, -0.1) is 0 Å². The summed E-state index contributed by atoms with van der Waals surface area (Å²) in [7, 11) is 0.168. The fraction of sp³-hybridized carbons (Fsp3) is 0.455. The molecule has 1 unspecified atom stereocenters. The minimum absolute atomic E-state index is 0.140. The standard InChI is InChI=1S/C22H29NO4S/c1-15(20-6-5-7-21(26-2)22(20)27-3)23-18-11-8-17(14-18)16-9-12-19(13-10-16)28(4,24)25/h5-7,9-10,12-13,15,17-18,23H,8,11,14H2,1-4H3/t15-,17+,18?/m1/s1. The smallest absolute Gasteiger partial charge is 0.175 e. The third-order valence-electron chi connectivity index (χ3n) is 5.60. The van der Waals surface area contributed by atoms with Crippen molar-refractivity contribution < 1.29 is 17.9 Å². The highest BCUT2D eigenvalue weighted by atomic mass is 32.2. The molecule has 1 saturated carbocycles. The molecule has 0 aromatic heterocycles. The van der Waals surface area contributed by atoms with Gasteiger partial charge in [0.05, 0.1) is 19.1 Å². The van der Waals surface area contributed by atoms with E-state index in [1.807, 2.05) is 24.3 Å². The molecule has 3 atom stereocenters. The van der Waals surface area contributed by atoms with E-state index in [9.17, 15) is 8.42 Å². The Labute approximate surface area is 168 Å². The minimum Gasteiger partial charge on any atom is -0.493 e. The van der Waals surface area contributed by atoms with Crippen LogP contribution in [0.2, 0.25) is 0 Å². The van der Waals surface area contributed by atoms with Crippen LogP contribution in [-0.4, -0.2) is 34.9 Å². The van der Waals surface area contributed by atoms with Crippen LogP contribution in [0.25, 0.3) is 0 Å². The van der Waals surface area contributed by atoms with Gasteiger partial charge in [-0.1, -0.05) is 24.3 Å². The van der Waals surface area contributed by atoms with Crippen LogP contribution in [0.4, 0.5) is 0 Å². The molecule has 6 heteroatoms. The zero-order valence-corrected chi connectivity index (χ0v) is 17.8. The van der Waals surface area contributed by atoms with Crippen LogP contribution in [0.5, 0.6) is 11.5 Å². The van der Waals surface area contributed by atoms with Gasteiger partial charge in [-0.05, 0) is 55.9 Å². The molecule has 1 fully saturated rings. The molecule has 3 rings (SSSR count).